The molecule has 0 aliphatic carbocycles. The van der Waals surface area contributed by atoms with E-state index in [-0.39, 0.29) is 46.8 Å². The molecule has 0 spiro atoms. The fourth-order valence-electron chi connectivity index (χ4n) is 3.94. The van der Waals surface area contributed by atoms with Gasteiger partial charge in [0.1, 0.15) is 11.5 Å². The molecule has 5 rings (SSSR count). The van der Waals surface area contributed by atoms with Crippen LogP contribution in [0.4, 0.5) is 5.82 Å². The zero-order valence-electron chi connectivity index (χ0n) is 20.7. The van der Waals surface area contributed by atoms with Gasteiger partial charge in [-0.25, -0.2) is 13.4 Å². The molecule has 3 aromatic heterocycles. The molecule has 1 aliphatic rings. The van der Waals surface area contributed by atoms with E-state index in [0.717, 1.165) is 0 Å². The Hall–Kier alpha value is -4.07. The zero-order valence-corrected chi connectivity index (χ0v) is 21.6. The molecular formula is C25H26N6O6S. The van der Waals surface area contributed by atoms with Crippen molar-refractivity contribution in [2.75, 3.05) is 31.6 Å². The Morgan fingerprint density at radius 1 is 1.11 bits per heavy atom. The minimum atomic E-state index is -3.69. The summed E-state index contributed by atoms with van der Waals surface area (Å²) in [5, 5.41) is 7.27. The third kappa shape index (κ3) is 5.16. The normalized spacial score (nSPS) is 14.6. The first-order chi connectivity index (χ1) is 18.2. The first-order valence-electron chi connectivity index (χ1n) is 12.0. The fourth-order valence-corrected chi connectivity index (χ4v) is 5.35. The molecular weight excluding hydrogens is 512 g/mol. The number of ether oxygens (including phenoxy) is 1. The predicted octanol–water partition coefficient (Wildman–Crippen LogP) is 2.61. The van der Waals surface area contributed by atoms with Crippen LogP contribution < -0.4 is 10.9 Å². The number of nitrogens with zero attached hydrogens (tertiary/aromatic N) is 4. The van der Waals surface area contributed by atoms with Gasteiger partial charge in [-0.3, -0.25) is 14.6 Å². The smallest absolute Gasteiger partial charge is 0.256 e. The molecule has 1 aromatic carbocycles. The van der Waals surface area contributed by atoms with Crippen LogP contribution in [0.25, 0.3) is 17.4 Å². The molecule has 1 aliphatic heterocycles. The molecule has 1 fully saturated rings. The van der Waals surface area contributed by atoms with Crippen LogP contribution in [-0.2, 0) is 14.8 Å². The molecule has 4 aromatic rings. The van der Waals surface area contributed by atoms with Crippen LogP contribution >= 0.6 is 0 Å². The van der Waals surface area contributed by atoms with Gasteiger partial charge in [-0.15, -0.1) is 0 Å². The van der Waals surface area contributed by atoms with Crippen LogP contribution in [0.15, 0.2) is 68.9 Å². The lowest BCUT2D eigenvalue weighted by molar-refractivity contribution is 0.0730. The Labute approximate surface area is 218 Å². The Bertz CT molecular complexity index is 1600. The number of H-pyrrole nitrogens is 1. The van der Waals surface area contributed by atoms with Crippen molar-refractivity contribution in [3.8, 4) is 17.4 Å². The van der Waals surface area contributed by atoms with Crippen LogP contribution in [0.2, 0.25) is 0 Å². The Morgan fingerprint density at radius 3 is 2.50 bits per heavy atom. The van der Waals surface area contributed by atoms with Gasteiger partial charge in [0.2, 0.25) is 16.0 Å². The summed E-state index contributed by atoms with van der Waals surface area (Å²) in [6, 6.07) is 12.1. The highest BCUT2D eigenvalue weighted by molar-refractivity contribution is 7.89. The third-order valence-corrected chi connectivity index (χ3v) is 7.90. The van der Waals surface area contributed by atoms with E-state index in [4.69, 9.17) is 9.15 Å². The molecule has 0 atom stereocenters. The number of rotatable bonds is 7. The number of carbonyl (C=O) groups excluding carboxylic acids is 1. The van der Waals surface area contributed by atoms with Crippen molar-refractivity contribution in [2.45, 2.75) is 24.7 Å². The summed E-state index contributed by atoms with van der Waals surface area (Å²) < 4.78 is 39.1. The number of benzene rings is 1. The summed E-state index contributed by atoms with van der Waals surface area (Å²) in [6.45, 7) is 5.06. The highest BCUT2D eigenvalue weighted by Crippen LogP contribution is 2.25. The molecule has 2 N–H and O–H groups in total. The molecule has 198 valence electrons. The molecule has 0 bridgehead atoms. The van der Waals surface area contributed by atoms with Crippen molar-refractivity contribution in [2.24, 2.45) is 0 Å². The van der Waals surface area contributed by atoms with E-state index >= 15 is 0 Å². The van der Waals surface area contributed by atoms with Crippen molar-refractivity contribution in [1.82, 2.24) is 24.1 Å². The number of nitrogens with one attached hydrogen (secondary N) is 2. The average molecular weight is 539 g/mol. The SMILES string of the molecule is CC(C)c1cc(=O)[nH]c(-n2nc(-c3ccco3)cc2NC(=O)c2ccc(S(=O)(=O)N3CCOCC3)cc2)n1. The quantitative estimate of drug-likeness (QED) is 0.364. The number of morpholine rings is 1. The van der Waals surface area contributed by atoms with Gasteiger partial charge >= 0.3 is 0 Å². The summed E-state index contributed by atoms with van der Waals surface area (Å²) in [5.41, 5.74) is 0.849. The predicted molar refractivity (Wildman–Crippen MR) is 138 cm³/mol. The lowest BCUT2D eigenvalue weighted by Gasteiger charge is -2.26. The van der Waals surface area contributed by atoms with Crippen molar-refractivity contribution in [3.05, 3.63) is 76.4 Å². The van der Waals surface area contributed by atoms with E-state index in [1.54, 1.807) is 18.2 Å². The molecule has 0 unspecified atom stereocenters. The lowest BCUT2D eigenvalue weighted by Crippen LogP contribution is -2.40. The van der Waals surface area contributed by atoms with Crippen molar-refractivity contribution in [3.63, 3.8) is 0 Å². The van der Waals surface area contributed by atoms with E-state index in [9.17, 15) is 18.0 Å². The van der Waals surface area contributed by atoms with E-state index in [1.807, 2.05) is 13.8 Å². The van der Waals surface area contributed by atoms with E-state index in [2.05, 4.69) is 20.4 Å². The number of aromatic amines is 1. The van der Waals surface area contributed by atoms with Crippen LogP contribution in [0.5, 0.6) is 0 Å². The lowest BCUT2D eigenvalue weighted by atomic mass is 10.1. The van der Waals surface area contributed by atoms with Gasteiger partial charge in [0.05, 0.1) is 30.1 Å². The van der Waals surface area contributed by atoms with Crippen molar-refractivity contribution in [1.29, 1.82) is 0 Å². The summed E-state index contributed by atoms with van der Waals surface area (Å²) in [4.78, 5) is 32.7. The van der Waals surface area contributed by atoms with Gasteiger partial charge in [-0.05, 0) is 42.3 Å². The van der Waals surface area contributed by atoms with Crippen molar-refractivity contribution >= 4 is 21.7 Å². The number of carbonyl (C=O) groups is 1. The molecule has 13 heteroatoms. The minimum absolute atomic E-state index is 0.0125. The second-order valence-electron chi connectivity index (χ2n) is 8.95. The molecule has 0 radical (unpaired) electrons. The number of amides is 1. The van der Waals surface area contributed by atoms with Gasteiger partial charge in [-0.2, -0.15) is 14.1 Å². The van der Waals surface area contributed by atoms with Gasteiger partial charge in [-0.1, -0.05) is 13.8 Å². The van der Waals surface area contributed by atoms with Crippen LogP contribution in [0, 0.1) is 0 Å². The van der Waals surface area contributed by atoms with Crippen LogP contribution in [0.1, 0.15) is 35.8 Å². The molecule has 0 saturated carbocycles. The maximum absolute atomic E-state index is 13.2. The van der Waals surface area contributed by atoms with Crippen LogP contribution in [0.3, 0.4) is 0 Å². The number of hydrogen-bond donors (Lipinski definition) is 2. The van der Waals surface area contributed by atoms with E-state index in [1.165, 1.54) is 45.6 Å². The third-order valence-electron chi connectivity index (χ3n) is 5.99. The van der Waals surface area contributed by atoms with Gasteiger partial charge in [0.15, 0.2) is 5.76 Å². The highest BCUT2D eigenvalue weighted by Gasteiger charge is 2.26. The number of hydrogen-bond acceptors (Lipinski definition) is 8. The number of furan rings is 1. The average Bonchev–Trinajstić information content (AvgIpc) is 3.59. The second kappa shape index (κ2) is 10.4. The largest absolute Gasteiger partial charge is 0.463 e. The molecule has 12 nitrogen and oxygen atoms in total. The molecule has 38 heavy (non-hydrogen) atoms. The summed E-state index contributed by atoms with van der Waals surface area (Å²) in [7, 11) is -3.69. The summed E-state index contributed by atoms with van der Waals surface area (Å²) in [5.74, 6) is 0.298. The number of anilines is 1. The minimum Gasteiger partial charge on any atom is -0.463 e. The van der Waals surface area contributed by atoms with E-state index in [0.29, 0.717) is 30.4 Å². The van der Waals surface area contributed by atoms with Gasteiger partial charge in [0, 0.05) is 30.8 Å². The highest BCUT2D eigenvalue weighted by atomic mass is 32.2. The summed E-state index contributed by atoms with van der Waals surface area (Å²) in [6.07, 6.45) is 1.50. The maximum atomic E-state index is 13.2. The topological polar surface area (TPSA) is 152 Å². The number of aromatic nitrogens is 4. The Morgan fingerprint density at radius 2 is 1.84 bits per heavy atom. The summed E-state index contributed by atoms with van der Waals surface area (Å²) >= 11 is 0. The molecule has 1 amide bonds. The fraction of sp³-hybridized carbons (Fsp3) is 0.280. The first-order valence-corrected chi connectivity index (χ1v) is 13.4. The monoisotopic (exact) mass is 538 g/mol. The zero-order chi connectivity index (χ0) is 26.9. The van der Waals surface area contributed by atoms with Gasteiger partial charge < -0.3 is 14.5 Å². The molecule has 4 heterocycles. The Kier molecular flexibility index (Phi) is 6.97. The van der Waals surface area contributed by atoms with Crippen molar-refractivity contribution < 1.29 is 22.4 Å². The number of sulfonamides is 1. The van der Waals surface area contributed by atoms with E-state index < -0.39 is 15.9 Å². The Balaban J connectivity index is 1.45. The first kappa shape index (κ1) is 25.6. The standard InChI is InChI=1S/C25H26N6O6S/c1-16(2)19-15-23(32)28-25(26-19)31-22(14-20(29-31)21-4-3-11-37-21)27-24(33)17-5-7-18(8-6-17)38(34,35)30-9-12-36-13-10-30/h3-8,11,14-16H,9-10,12-13H2,1-2H3,(H,27,33)(H,26,28,32). The maximum Gasteiger partial charge on any atom is 0.256 e. The van der Waals surface area contributed by atoms with Gasteiger partial charge in [0.25, 0.3) is 11.5 Å². The molecule has 1 saturated heterocycles. The van der Waals surface area contributed by atoms with Crippen LogP contribution in [-0.4, -0.2) is 64.7 Å². The second-order valence-corrected chi connectivity index (χ2v) is 10.9.